The molecule has 0 heterocycles. The Morgan fingerprint density at radius 1 is 1.05 bits per heavy atom. The van der Waals surface area contributed by atoms with Crippen molar-refractivity contribution >= 4 is 10.3 Å². The van der Waals surface area contributed by atoms with Gasteiger partial charge in [-0.05, 0) is 29.7 Å². The summed E-state index contributed by atoms with van der Waals surface area (Å²) in [7, 11) is -4.60. The van der Waals surface area contributed by atoms with E-state index in [1.165, 1.54) is 6.92 Å². The van der Waals surface area contributed by atoms with Crippen LogP contribution >= 0.6 is 0 Å². The Balaban J connectivity index is 3.23. The molecule has 0 amide bonds. The topological polar surface area (TPSA) is 66.4 Å². The van der Waals surface area contributed by atoms with Crippen molar-refractivity contribution in [3.05, 3.63) is 34.9 Å². The van der Waals surface area contributed by atoms with E-state index in [4.69, 9.17) is 4.55 Å². The predicted molar refractivity (Wildman–Crippen MR) is 64.4 cm³/mol. The maximum atomic E-state index is 12.7. The van der Waals surface area contributed by atoms with Crippen molar-refractivity contribution in [3.63, 3.8) is 0 Å². The van der Waals surface area contributed by atoms with Crippen LogP contribution in [0.2, 0.25) is 0 Å². The van der Waals surface area contributed by atoms with Crippen molar-refractivity contribution in [2.45, 2.75) is 25.2 Å². The molecule has 2 N–H and O–H groups in total. The zero-order chi connectivity index (χ0) is 17.3. The van der Waals surface area contributed by atoms with Crippen molar-refractivity contribution in [2.75, 3.05) is 6.54 Å². The van der Waals surface area contributed by atoms with Gasteiger partial charge in [0.05, 0.1) is 11.1 Å². The minimum absolute atomic E-state index is 0.0214. The second kappa shape index (κ2) is 6.05. The number of halogens is 6. The fraction of sp³-hybridized carbons (Fsp3) is 0.455. The molecule has 0 aliphatic rings. The lowest BCUT2D eigenvalue weighted by Gasteiger charge is -2.17. The van der Waals surface area contributed by atoms with Gasteiger partial charge in [0.1, 0.15) is 0 Å². The zero-order valence-electron chi connectivity index (χ0n) is 11.0. The molecule has 11 heteroatoms. The van der Waals surface area contributed by atoms with E-state index in [-0.39, 0.29) is 11.6 Å². The number of nitrogens with one attached hydrogen (secondary N) is 1. The molecule has 0 aliphatic carbocycles. The van der Waals surface area contributed by atoms with Gasteiger partial charge < -0.3 is 0 Å². The molecule has 1 aromatic rings. The second-order valence-electron chi connectivity index (χ2n) is 4.56. The van der Waals surface area contributed by atoms with Crippen molar-refractivity contribution in [3.8, 4) is 0 Å². The number of alkyl halides is 6. The fourth-order valence-electron chi connectivity index (χ4n) is 1.61. The van der Waals surface area contributed by atoms with Crippen LogP contribution in [0.4, 0.5) is 26.3 Å². The van der Waals surface area contributed by atoms with Gasteiger partial charge in [-0.25, -0.2) is 0 Å². The second-order valence-corrected chi connectivity index (χ2v) is 5.80. The normalized spacial score (nSPS) is 14.9. The monoisotopic (exact) mass is 351 g/mol. The van der Waals surface area contributed by atoms with Crippen molar-refractivity contribution in [1.29, 1.82) is 0 Å². The van der Waals surface area contributed by atoms with Gasteiger partial charge in [-0.1, -0.05) is 6.92 Å². The molecule has 0 aromatic heterocycles. The predicted octanol–water partition coefficient (Wildman–Crippen LogP) is 3.22. The Kier molecular flexibility index (Phi) is 5.15. The molecule has 0 bridgehead atoms. The zero-order valence-corrected chi connectivity index (χ0v) is 11.8. The third kappa shape index (κ3) is 5.46. The molecule has 0 spiro atoms. The van der Waals surface area contributed by atoms with Crippen LogP contribution in [-0.2, 0) is 22.7 Å². The Labute approximate surface area is 122 Å². The average Bonchev–Trinajstić information content (AvgIpc) is 2.32. The lowest BCUT2D eigenvalue weighted by Crippen LogP contribution is -2.27. The molecule has 1 aromatic carbocycles. The first kappa shape index (κ1) is 18.7. The van der Waals surface area contributed by atoms with E-state index in [0.717, 1.165) is 0 Å². The first-order valence-electron chi connectivity index (χ1n) is 5.71. The summed E-state index contributed by atoms with van der Waals surface area (Å²) in [4.78, 5) is 0. The number of benzene rings is 1. The van der Waals surface area contributed by atoms with Crippen LogP contribution in [0.3, 0.4) is 0 Å². The molecule has 0 fully saturated rings. The molecule has 126 valence electrons. The SMILES string of the molecule is C[C@@H](CNS(=O)(=O)O)c1cc(C(F)(F)F)cc(C(F)(F)F)c1. The molecule has 0 aliphatic heterocycles. The highest BCUT2D eigenvalue weighted by Crippen LogP contribution is 2.37. The summed E-state index contributed by atoms with van der Waals surface area (Å²) in [6.07, 6.45) is -9.96. The summed E-state index contributed by atoms with van der Waals surface area (Å²) in [5.41, 5.74) is -3.34. The van der Waals surface area contributed by atoms with Crippen LogP contribution in [0.25, 0.3) is 0 Å². The van der Waals surface area contributed by atoms with Gasteiger partial charge in [-0.2, -0.15) is 39.5 Å². The third-order valence-corrected chi connectivity index (χ3v) is 3.28. The molecule has 0 radical (unpaired) electrons. The van der Waals surface area contributed by atoms with E-state index in [1.807, 2.05) is 0 Å². The molecule has 1 rings (SSSR count). The summed E-state index contributed by atoms with van der Waals surface area (Å²) in [5.74, 6) is -1.02. The number of hydrogen-bond donors (Lipinski definition) is 2. The minimum Gasteiger partial charge on any atom is -0.273 e. The molecule has 0 saturated carbocycles. The maximum Gasteiger partial charge on any atom is 0.416 e. The first-order valence-corrected chi connectivity index (χ1v) is 7.15. The van der Waals surface area contributed by atoms with E-state index >= 15 is 0 Å². The van der Waals surface area contributed by atoms with Crippen LogP contribution in [0.15, 0.2) is 18.2 Å². The molecule has 1 atom stereocenters. The van der Waals surface area contributed by atoms with Crippen molar-refractivity contribution < 1.29 is 39.3 Å². The fourth-order valence-corrected chi connectivity index (χ4v) is 2.07. The largest absolute Gasteiger partial charge is 0.416 e. The highest BCUT2D eigenvalue weighted by molar-refractivity contribution is 7.83. The van der Waals surface area contributed by atoms with Crippen LogP contribution in [0.1, 0.15) is 29.5 Å². The maximum absolute atomic E-state index is 12.7. The lowest BCUT2D eigenvalue weighted by molar-refractivity contribution is -0.143. The smallest absolute Gasteiger partial charge is 0.273 e. The van der Waals surface area contributed by atoms with Gasteiger partial charge in [-0.15, -0.1) is 0 Å². The summed E-state index contributed by atoms with van der Waals surface area (Å²) < 4.78 is 107. The van der Waals surface area contributed by atoms with E-state index in [0.29, 0.717) is 12.1 Å². The number of rotatable bonds is 4. The molecule has 22 heavy (non-hydrogen) atoms. The molecular weight excluding hydrogens is 340 g/mol. The molecule has 4 nitrogen and oxygen atoms in total. The van der Waals surface area contributed by atoms with E-state index in [1.54, 1.807) is 4.72 Å². The van der Waals surface area contributed by atoms with Gasteiger partial charge in [0, 0.05) is 6.54 Å². The molecule has 0 saturated heterocycles. The average molecular weight is 351 g/mol. The Hall–Kier alpha value is -1.33. The quantitative estimate of drug-likeness (QED) is 0.647. The van der Waals surface area contributed by atoms with Crippen molar-refractivity contribution in [2.24, 2.45) is 0 Å². The highest BCUT2D eigenvalue weighted by atomic mass is 32.2. The van der Waals surface area contributed by atoms with E-state index in [2.05, 4.69) is 0 Å². The minimum atomic E-state index is -4.98. The summed E-state index contributed by atoms with van der Waals surface area (Å²) in [6.45, 7) is 0.658. The van der Waals surface area contributed by atoms with Crippen LogP contribution in [-0.4, -0.2) is 19.5 Å². The number of hydrogen-bond acceptors (Lipinski definition) is 2. The Morgan fingerprint density at radius 2 is 1.45 bits per heavy atom. The van der Waals surface area contributed by atoms with E-state index < -0.39 is 46.2 Å². The Bertz CT molecular complexity index is 606. The standard InChI is InChI=1S/C11H11F6NO3S/c1-6(5-18-22(19,20)21)7-2-8(10(12,13)14)4-9(3-7)11(15,16)17/h2-4,6,18H,5H2,1H3,(H,19,20,21)/t6-/m0/s1. The first-order chi connectivity index (χ1) is 9.70. The van der Waals surface area contributed by atoms with Gasteiger partial charge in [0.2, 0.25) is 0 Å². The van der Waals surface area contributed by atoms with Gasteiger partial charge in [0.25, 0.3) is 0 Å². The lowest BCUT2D eigenvalue weighted by atomic mass is 9.96. The van der Waals surface area contributed by atoms with E-state index in [9.17, 15) is 34.8 Å². The summed E-state index contributed by atoms with van der Waals surface area (Å²) in [6, 6.07) is 0.990. The third-order valence-electron chi connectivity index (χ3n) is 2.75. The summed E-state index contributed by atoms with van der Waals surface area (Å²) in [5, 5.41) is 0. The molecule has 0 unspecified atom stereocenters. The Morgan fingerprint density at radius 3 is 1.77 bits per heavy atom. The van der Waals surface area contributed by atoms with Gasteiger partial charge >= 0.3 is 22.7 Å². The van der Waals surface area contributed by atoms with Crippen LogP contribution in [0, 0.1) is 0 Å². The van der Waals surface area contributed by atoms with Crippen LogP contribution in [0.5, 0.6) is 0 Å². The highest BCUT2D eigenvalue weighted by Gasteiger charge is 2.37. The van der Waals surface area contributed by atoms with Gasteiger partial charge in [-0.3, -0.25) is 4.55 Å². The summed E-state index contributed by atoms with van der Waals surface area (Å²) >= 11 is 0. The van der Waals surface area contributed by atoms with Crippen LogP contribution < -0.4 is 4.72 Å². The molecular formula is C11H11F6NO3S. The van der Waals surface area contributed by atoms with Gasteiger partial charge in [0.15, 0.2) is 0 Å². The van der Waals surface area contributed by atoms with Crippen molar-refractivity contribution in [1.82, 2.24) is 4.72 Å².